The van der Waals surface area contributed by atoms with Crippen LogP contribution in [-0.4, -0.2) is 20.1 Å². The molecule has 0 amide bonds. The summed E-state index contributed by atoms with van der Waals surface area (Å²) in [6.07, 6.45) is 8.72. The molecule has 0 aliphatic heterocycles. The maximum Gasteiger partial charge on any atom is 0.100 e. The Kier molecular flexibility index (Phi) is 4.15. The first kappa shape index (κ1) is 12.6. The van der Waals surface area contributed by atoms with Crippen molar-refractivity contribution < 1.29 is 5.11 Å². The van der Waals surface area contributed by atoms with E-state index < -0.39 is 6.10 Å². The van der Waals surface area contributed by atoms with Crippen molar-refractivity contribution in [1.29, 1.82) is 0 Å². The Morgan fingerprint density at radius 2 is 2.12 bits per heavy atom. The second-order valence-corrected chi connectivity index (χ2v) is 5.30. The van der Waals surface area contributed by atoms with Gasteiger partial charge in [0.05, 0.1) is 11.9 Å². The molecule has 1 heterocycles. The number of nitrogens with zero attached hydrogens (tertiary/aromatic N) is 3. The predicted octanol–water partition coefficient (Wildman–Crippen LogP) is 2.46. The molecule has 1 aliphatic rings. The third kappa shape index (κ3) is 2.86. The first-order valence-electron chi connectivity index (χ1n) is 6.75. The summed E-state index contributed by atoms with van der Waals surface area (Å²) in [7, 11) is 1.84. The molecule has 17 heavy (non-hydrogen) atoms. The van der Waals surface area contributed by atoms with E-state index in [-0.39, 0.29) is 0 Å². The van der Waals surface area contributed by atoms with Gasteiger partial charge in [0.25, 0.3) is 0 Å². The Labute approximate surface area is 103 Å². The molecule has 0 spiro atoms. The van der Waals surface area contributed by atoms with Crippen LogP contribution in [0.4, 0.5) is 0 Å². The van der Waals surface area contributed by atoms with E-state index in [9.17, 15) is 5.11 Å². The maximum absolute atomic E-state index is 10.3. The molecule has 1 saturated carbocycles. The molecule has 1 aromatic heterocycles. The summed E-state index contributed by atoms with van der Waals surface area (Å²) in [6.45, 7) is 2.25. The Morgan fingerprint density at radius 1 is 1.41 bits per heavy atom. The largest absolute Gasteiger partial charge is 0.386 e. The van der Waals surface area contributed by atoms with E-state index in [2.05, 4.69) is 17.2 Å². The third-order valence-corrected chi connectivity index (χ3v) is 4.09. The number of aliphatic hydroxyl groups is 1. The number of aliphatic hydroxyl groups excluding tert-OH is 1. The molecule has 1 N–H and O–H groups in total. The van der Waals surface area contributed by atoms with Crippen molar-refractivity contribution in [2.24, 2.45) is 18.9 Å². The lowest BCUT2D eigenvalue weighted by atomic mass is 9.77. The zero-order valence-corrected chi connectivity index (χ0v) is 10.8. The van der Waals surface area contributed by atoms with E-state index in [1.54, 1.807) is 10.9 Å². The quantitative estimate of drug-likeness (QED) is 0.875. The highest BCUT2D eigenvalue weighted by Gasteiger charge is 2.28. The Bertz CT molecular complexity index is 342. The van der Waals surface area contributed by atoms with E-state index in [1.807, 2.05) is 7.05 Å². The summed E-state index contributed by atoms with van der Waals surface area (Å²) in [5.74, 6) is 1.27. The van der Waals surface area contributed by atoms with Crippen LogP contribution in [-0.2, 0) is 7.05 Å². The smallest absolute Gasteiger partial charge is 0.100 e. The van der Waals surface area contributed by atoms with Gasteiger partial charge in [0, 0.05) is 7.05 Å². The molecular formula is C13H23N3O. The molecule has 1 aromatic rings. The van der Waals surface area contributed by atoms with Gasteiger partial charge in [-0.15, -0.1) is 5.10 Å². The van der Waals surface area contributed by atoms with E-state index in [1.165, 1.54) is 25.7 Å². The van der Waals surface area contributed by atoms with Crippen molar-refractivity contribution >= 4 is 0 Å². The minimum atomic E-state index is -0.391. The van der Waals surface area contributed by atoms with Gasteiger partial charge in [-0.3, -0.25) is 0 Å². The number of aromatic nitrogens is 3. The SMILES string of the molecule is CCCC1CCC(C(O)c2cnnn2C)CC1. The lowest BCUT2D eigenvalue weighted by Gasteiger charge is -2.31. The summed E-state index contributed by atoms with van der Waals surface area (Å²) in [4.78, 5) is 0. The van der Waals surface area contributed by atoms with Crippen molar-refractivity contribution in [3.63, 3.8) is 0 Å². The number of hydrogen-bond acceptors (Lipinski definition) is 3. The van der Waals surface area contributed by atoms with Gasteiger partial charge < -0.3 is 5.11 Å². The second-order valence-electron chi connectivity index (χ2n) is 5.30. The van der Waals surface area contributed by atoms with Gasteiger partial charge in [-0.1, -0.05) is 37.8 Å². The van der Waals surface area contributed by atoms with E-state index >= 15 is 0 Å². The molecule has 1 unspecified atom stereocenters. The minimum Gasteiger partial charge on any atom is -0.386 e. The summed E-state index contributed by atoms with van der Waals surface area (Å²) >= 11 is 0. The number of hydrogen-bond donors (Lipinski definition) is 1. The van der Waals surface area contributed by atoms with Gasteiger partial charge in [-0.25, -0.2) is 4.68 Å². The standard InChI is InChI=1S/C13H23N3O/c1-3-4-10-5-7-11(8-6-10)13(17)12-9-14-15-16(12)2/h9-11,13,17H,3-8H2,1-2H3. The van der Waals surface area contributed by atoms with E-state index in [0.29, 0.717) is 5.92 Å². The van der Waals surface area contributed by atoms with E-state index in [4.69, 9.17) is 0 Å². The highest BCUT2D eigenvalue weighted by atomic mass is 16.3. The third-order valence-electron chi connectivity index (χ3n) is 4.09. The van der Waals surface area contributed by atoms with Crippen LogP contribution in [0, 0.1) is 11.8 Å². The van der Waals surface area contributed by atoms with Crippen LogP contribution in [0.3, 0.4) is 0 Å². The summed E-state index contributed by atoms with van der Waals surface area (Å²) in [6, 6.07) is 0. The fraction of sp³-hybridized carbons (Fsp3) is 0.846. The van der Waals surface area contributed by atoms with Crippen LogP contribution < -0.4 is 0 Å². The molecule has 0 aromatic carbocycles. The molecule has 0 radical (unpaired) electrons. The summed E-state index contributed by atoms with van der Waals surface area (Å²) in [5, 5.41) is 18.0. The summed E-state index contributed by atoms with van der Waals surface area (Å²) < 4.78 is 1.68. The van der Waals surface area contributed by atoms with Gasteiger partial charge in [0.15, 0.2) is 0 Å². The average Bonchev–Trinajstić information content (AvgIpc) is 2.76. The molecule has 1 atom stereocenters. The lowest BCUT2D eigenvalue weighted by Crippen LogP contribution is -2.22. The molecule has 0 saturated heterocycles. The Hall–Kier alpha value is -0.900. The summed E-state index contributed by atoms with van der Waals surface area (Å²) in [5.41, 5.74) is 0.851. The fourth-order valence-electron chi connectivity index (χ4n) is 3.01. The monoisotopic (exact) mass is 237 g/mol. The fourth-order valence-corrected chi connectivity index (χ4v) is 3.01. The van der Waals surface area contributed by atoms with Gasteiger partial charge >= 0.3 is 0 Å². The van der Waals surface area contributed by atoms with Crippen LogP contribution >= 0.6 is 0 Å². The van der Waals surface area contributed by atoms with E-state index in [0.717, 1.165) is 24.5 Å². The second kappa shape index (κ2) is 5.63. The van der Waals surface area contributed by atoms with Crippen molar-refractivity contribution in [2.45, 2.75) is 51.6 Å². The predicted molar refractivity (Wildman–Crippen MR) is 66.3 cm³/mol. The lowest BCUT2D eigenvalue weighted by molar-refractivity contribution is 0.0658. The van der Waals surface area contributed by atoms with Gasteiger partial charge in [-0.05, 0) is 24.7 Å². The van der Waals surface area contributed by atoms with Crippen LogP contribution in [0.1, 0.15) is 57.2 Å². The highest BCUT2D eigenvalue weighted by molar-refractivity contribution is 5.01. The molecule has 4 nitrogen and oxygen atoms in total. The van der Waals surface area contributed by atoms with Crippen molar-refractivity contribution in [2.75, 3.05) is 0 Å². The van der Waals surface area contributed by atoms with Crippen LogP contribution in [0.2, 0.25) is 0 Å². The van der Waals surface area contributed by atoms with Gasteiger partial charge in [0.2, 0.25) is 0 Å². The highest BCUT2D eigenvalue weighted by Crippen LogP contribution is 2.37. The normalized spacial score (nSPS) is 27.0. The van der Waals surface area contributed by atoms with Crippen LogP contribution in [0.5, 0.6) is 0 Å². The first-order chi connectivity index (χ1) is 8.22. The molecule has 1 fully saturated rings. The molecular weight excluding hydrogens is 214 g/mol. The zero-order chi connectivity index (χ0) is 12.3. The molecule has 4 heteroatoms. The molecule has 2 rings (SSSR count). The first-order valence-corrected chi connectivity index (χ1v) is 6.75. The van der Waals surface area contributed by atoms with Crippen LogP contribution in [0.25, 0.3) is 0 Å². The topological polar surface area (TPSA) is 50.9 Å². The van der Waals surface area contributed by atoms with Crippen LogP contribution in [0.15, 0.2) is 6.20 Å². The Balaban J connectivity index is 1.90. The van der Waals surface area contributed by atoms with Gasteiger partial charge in [-0.2, -0.15) is 0 Å². The molecule has 0 bridgehead atoms. The van der Waals surface area contributed by atoms with Crippen molar-refractivity contribution in [1.82, 2.24) is 15.0 Å². The number of aryl methyl sites for hydroxylation is 1. The van der Waals surface area contributed by atoms with Crippen molar-refractivity contribution in [3.05, 3.63) is 11.9 Å². The average molecular weight is 237 g/mol. The number of rotatable bonds is 4. The van der Waals surface area contributed by atoms with Crippen molar-refractivity contribution in [3.8, 4) is 0 Å². The molecule has 96 valence electrons. The molecule has 1 aliphatic carbocycles. The van der Waals surface area contributed by atoms with Gasteiger partial charge in [0.1, 0.15) is 6.10 Å². The maximum atomic E-state index is 10.3. The Morgan fingerprint density at radius 3 is 2.65 bits per heavy atom. The minimum absolute atomic E-state index is 0.389. The zero-order valence-electron chi connectivity index (χ0n) is 10.8.